The lowest BCUT2D eigenvalue weighted by Crippen LogP contribution is -2.10. The van der Waals surface area contributed by atoms with Gasteiger partial charge < -0.3 is 5.11 Å². The van der Waals surface area contributed by atoms with Crippen LogP contribution in [0.4, 0.5) is 0 Å². The average molecular weight is 150 g/mol. The van der Waals surface area contributed by atoms with E-state index in [9.17, 15) is 4.79 Å². The molecule has 0 aromatic rings. The first-order valence-electron chi connectivity index (χ1n) is 3.89. The second kappa shape index (κ2) is 2.22. The normalized spacial score (nSPS) is 33.6. The predicted molar refractivity (Wildman–Crippen MR) is 41.1 cm³/mol. The molecule has 0 aromatic carbocycles. The lowest BCUT2D eigenvalue weighted by Gasteiger charge is -2.09. The van der Waals surface area contributed by atoms with Crippen molar-refractivity contribution in [2.45, 2.75) is 12.8 Å². The van der Waals surface area contributed by atoms with Crippen molar-refractivity contribution < 1.29 is 9.90 Å². The largest absolute Gasteiger partial charge is 0.478 e. The van der Waals surface area contributed by atoms with E-state index in [1.54, 1.807) is 0 Å². The van der Waals surface area contributed by atoms with Crippen molar-refractivity contribution in [2.24, 2.45) is 11.8 Å². The molecule has 2 aliphatic rings. The number of hydrogen-bond donors (Lipinski definition) is 1. The topological polar surface area (TPSA) is 37.3 Å². The van der Waals surface area contributed by atoms with E-state index in [4.69, 9.17) is 5.11 Å². The van der Waals surface area contributed by atoms with Crippen molar-refractivity contribution >= 4 is 5.97 Å². The van der Waals surface area contributed by atoms with Gasteiger partial charge in [-0.3, -0.25) is 0 Å². The molecule has 0 aromatic heterocycles. The number of allylic oxidation sites excluding steroid dienone is 3. The Morgan fingerprint density at radius 2 is 2.36 bits per heavy atom. The van der Waals surface area contributed by atoms with Crippen molar-refractivity contribution in [1.82, 2.24) is 0 Å². The van der Waals surface area contributed by atoms with Crippen LogP contribution in [0.2, 0.25) is 0 Å². The Morgan fingerprint density at radius 1 is 1.55 bits per heavy atom. The van der Waals surface area contributed by atoms with Crippen LogP contribution in [0.5, 0.6) is 0 Å². The second-order valence-electron chi connectivity index (χ2n) is 3.13. The lowest BCUT2D eigenvalue weighted by molar-refractivity contribution is -0.133. The monoisotopic (exact) mass is 150 g/mol. The fourth-order valence-electron chi connectivity index (χ4n) is 1.97. The Bertz CT molecular complexity index is 250. The molecule has 2 unspecified atom stereocenters. The van der Waals surface area contributed by atoms with E-state index in [2.05, 4.69) is 12.2 Å². The smallest absolute Gasteiger partial charge is 0.331 e. The first-order valence-corrected chi connectivity index (χ1v) is 3.89. The molecule has 2 heteroatoms. The van der Waals surface area contributed by atoms with E-state index in [-0.39, 0.29) is 5.92 Å². The molecule has 0 saturated carbocycles. The highest BCUT2D eigenvalue weighted by Crippen LogP contribution is 2.39. The number of carboxylic acid groups (broad SMARTS) is 1. The summed E-state index contributed by atoms with van der Waals surface area (Å²) in [6, 6.07) is 0. The highest BCUT2D eigenvalue weighted by atomic mass is 16.4. The van der Waals surface area contributed by atoms with Crippen LogP contribution in [0, 0.1) is 11.8 Å². The van der Waals surface area contributed by atoms with E-state index < -0.39 is 5.97 Å². The molecular formula is C9H10O2. The molecule has 2 atom stereocenters. The van der Waals surface area contributed by atoms with Gasteiger partial charge in [-0.1, -0.05) is 18.2 Å². The van der Waals surface area contributed by atoms with Crippen molar-refractivity contribution in [3.63, 3.8) is 0 Å². The zero-order chi connectivity index (χ0) is 7.84. The maximum atomic E-state index is 10.6. The van der Waals surface area contributed by atoms with Gasteiger partial charge in [-0.2, -0.15) is 0 Å². The summed E-state index contributed by atoms with van der Waals surface area (Å²) in [7, 11) is 0. The van der Waals surface area contributed by atoms with Gasteiger partial charge in [0.25, 0.3) is 0 Å². The van der Waals surface area contributed by atoms with Crippen molar-refractivity contribution in [1.29, 1.82) is 0 Å². The maximum Gasteiger partial charge on any atom is 0.331 e. The summed E-state index contributed by atoms with van der Waals surface area (Å²) in [6.07, 6.45) is 7.93. The summed E-state index contributed by atoms with van der Waals surface area (Å²) in [6.45, 7) is 0. The molecule has 11 heavy (non-hydrogen) atoms. The van der Waals surface area contributed by atoms with Gasteiger partial charge in [0.1, 0.15) is 0 Å². The number of hydrogen-bond acceptors (Lipinski definition) is 1. The van der Waals surface area contributed by atoms with Crippen molar-refractivity contribution in [3.8, 4) is 0 Å². The number of fused-ring (bicyclic) bond motifs is 1. The Morgan fingerprint density at radius 3 is 3.09 bits per heavy atom. The zero-order valence-corrected chi connectivity index (χ0v) is 6.16. The molecule has 0 bridgehead atoms. The van der Waals surface area contributed by atoms with Crippen LogP contribution in [-0.4, -0.2) is 11.1 Å². The first-order chi connectivity index (χ1) is 5.29. The van der Waals surface area contributed by atoms with E-state index in [0.29, 0.717) is 11.5 Å². The summed E-state index contributed by atoms with van der Waals surface area (Å²) >= 11 is 0. The minimum atomic E-state index is -0.735. The number of carboxylic acids is 1. The summed E-state index contributed by atoms with van der Waals surface area (Å²) in [4.78, 5) is 10.6. The number of carbonyl (C=O) groups is 1. The van der Waals surface area contributed by atoms with Crippen LogP contribution in [0.3, 0.4) is 0 Å². The van der Waals surface area contributed by atoms with Gasteiger partial charge in [0.15, 0.2) is 0 Å². The third-order valence-electron chi connectivity index (χ3n) is 2.55. The Hall–Kier alpha value is -1.05. The van der Waals surface area contributed by atoms with Crippen LogP contribution in [0.25, 0.3) is 0 Å². The molecule has 58 valence electrons. The SMILES string of the molecule is O=C(O)C1=CCC2C=CCC12. The minimum Gasteiger partial charge on any atom is -0.478 e. The van der Waals surface area contributed by atoms with Gasteiger partial charge in [0.05, 0.1) is 0 Å². The van der Waals surface area contributed by atoms with Gasteiger partial charge in [-0.25, -0.2) is 4.79 Å². The summed E-state index contributed by atoms with van der Waals surface area (Å²) in [5.41, 5.74) is 0.625. The van der Waals surface area contributed by atoms with Crippen LogP contribution in [-0.2, 0) is 4.79 Å². The highest BCUT2D eigenvalue weighted by molar-refractivity contribution is 5.88. The summed E-state index contributed by atoms with van der Waals surface area (Å²) in [5, 5.41) is 8.76. The van der Waals surface area contributed by atoms with Crippen LogP contribution >= 0.6 is 0 Å². The molecule has 0 fully saturated rings. The van der Waals surface area contributed by atoms with Crippen LogP contribution < -0.4 is 0 Å². The molecular weight excluding hydrogens is 140 g/mol. The van der Waals surface area contributed by atoms with Gasteiger partial charge in [-0.05, 0) is 18.8 Å². The van der Waals surface area contributed by atoms with E-state index in [1.807, 2.05) is 6.08 Å². The lowest BCUT2D eigenvalue weighted by atomic mass is 9.94. The minimum absolute atomic E-state index is 0.285. The molecule has 2 aliphatic carbocycles. The number of rotatable bonds is 1. The standard InChI is InChI=1S/C9H10O2/c10-9(11)8-5-4-6-2-1-3-7(6)8/h1-2,5-7H,3-4H2,(H,10,11). The molecule has 1 N–H and O–H groups in total. The third kappa shape index (κ3) is 0.897. The highest BCUT2D eigenvalue weighted by Gasteiger charge is 2.33. The molecule has 0 radical (unpaired) electrons. The average Bonchev–Trinajstić information content (AvgIpc) is 2.41. The van der Waals surface area contributed by atoms with Crippen molar-refractivity contribution in [2.75, 3.05) is 0 Å². The predicted octanol–water partition coefficient (Wildman–Crippen LogP) is 1.59. The summed E-state index contributed by atoms with van der Waals surface area (Å²) < 4.78 is 0. The fraction of sp³-hybridized carbons (Fsp3) is 0.444. The molecule has 0 amide bonds. The zero-order valence-electron chi connectivity index (χ0n) is 6.16. The second-order valence-corrected chi connectivity index (χ2v) is 3.13. The third-order valence-corrected chi connectivity index (χ3v) is 2.55. The van der Waals surface area contributed by atoms with E-state index in [1.165, 1.54) is 0 Å². The van der Waals surface area contributed by atoms with Crippen molar-refractivity contribution in [3.05, 3.63) is 23.8 Å². The first kappa shape index (κ1) is 6.65. The Kier molecular flexibility index (Phi) is 1.34. The molecule has 0 heterocycles. The molecule has 0 spiro atoms. The van der Waals surface area contributed by atoms with E-state index >= 15 is 0 Å². The fourth-order valence-corrected chi connectivity index (χ4v) is 1.97. The molecule has 0 saturated heterocycles. The van der Waals surface area contributed by atoms with Crippen LogP contribution in [0.1, 0.15) is 12.8 Å². The molecule has 2 rings (SSSR count). The van der Waals surface area contributed by atoms with Crippen LogP contribution in [0.15, 0.2) is 23.8 Å². The van der Waals surface area contributed by atoms with E-state index in [0.717, 1.165) is 12.8 Å². The summed E-state index contributed by atoms with van der Waals surface area (Å²) in [5.74, 6) is 0.0369. The molecule has 0 aliphatic heterocycles. The van der Waals surface area contributed by atoms with Gasteiger partial charge in [0, 0.05) is 11.5 Å². The molecule has 2 nitrogen and oxygen atoms in total. The quantitative estimate of drug-likeness (QED) is 0.576. The van der Waals surface area contributed by atoms with Gasteiger partial charge >= 0.3 is 5.97 Å². The Labute approximate surface area is 65.2 Å². The van der Waals surface area contributed by atoms with Gasteiger partial charge in [0.2, 0.25) is 0 Å². The Balaban J connectivity index is 2.21. The van der Waals surface area contributed by atoms with Gasteiger partial charge in [-0.15, -0.1) is 0 Å². The number of aliphatic carboxylic acids is 1. The maximum absolute atomic E-state index is 10.6.